The van der Waals surface area contributed by atoms with E-state index >= 15 is 0 Å². The molecular formula is C19H27N3O5S. The molecule has 0 spiro atoms. The molecule has 2 aliphatic heterocycles. The molecule has 2 aliphatic rings. The summed E-state index contributed by atoms with van der Waals surface area (Å²) in [5.74, 6) is -0.220. The van der Waals surface area contributed by atoms with Gasteiger partial charge in [0.15, 0.2) is 0 Å². The van der Waals surface area contributed by atoms with Crippen LogP contribution in [0.15, 0.2) is 29.2 Å². The van der Waals surface area contributed by atoms with E-state index in [-0.39, 0.29) is 10.8 Å². The topological polar surface area (TPSA) is 87.2 Å². The summed E-state index contributed by atoms with van der Waals surface area (Å²) in [6, 6.07) is 6.26. The van der Waals surface area contributed by atoms with Gasteiger partial charge in [-0.3, -0.25) is 4.79 Å². The van der Waals surface area contributed by atoms with Gasteiger partial charge in [0.2, 0.25) is 10.0 Å². The molecule has 3 rings (SSSR count). The molecule has 0 bridgehead atoms. The van der Waals surface area contributed by atoms with Crippen molar-refractivity contribution in [3.8, 4) is 0 Å². The van der Waals surface area contributed by atoms with Gasteiger partial charge in [-0.2, -0.15) is 4.31 Å². The number of ether oxygens (including phenoxy) is 1. The van der Waals surface area contributed by atoms with E-state index in [0.717, 1.165) is 19.3 Å². The molecule has 0 radical (unpaired) electrons. The predicted octanol–water partition coefficient (Wildman–Crippen LogP) is 1.78. The Kier molecular flexibility index (Phi) is 6.56. The van der Waals surface area contributed by atoms with Crippen LogP contribution in [0.2, 0.25) is 0 Å². The van der Waals surface area contributed by atoms with Crippen molar-refractivity contribution in [3.63, 3.8) is 0 Å². The molecule has 1 aromatic rings. The number of amides is 2. The van der Waals surface area contributed by atoms with Gasteiger partial charge in [-0.25, -0.2) is 13.2 Å². The lowest BCUT2D eigenvalue weighted by molar-refractivity contribution is 0.0757. The van der Waals surface area contributed by atoms with Crippen LogP contribution in [-0.4, -0.2) is 80.9 Å². The molecule has 28 heavy (non-hydrogen) atoms. The lowest BCUT2D eigenvalue weighted by atomic mass is 10.2. The largest absolute Gasteiger partial charge is 0.453 e. The molecule has 9 heteroatoms. The third-order valence-electron chi connectivity index (χ3n) is 5.25. The number of hydrogen-bond donors (Lipinski definition) is 0. The highest BCUT2D eigenvalue weighted by molar-refractivity contribution is 7.89. The molecule has 0 N–H and O–H groups in total. The standard InChI is InChI=1S/C19H27N3O5S/c1-27-19(24)21-10-6-9-20(13-14-21)18(23)16-7-5-8-17(15-16)28(25,26)22-11-3-2-4-12-22/h5,7-8,15H,2-4,6,9-14H2,1H3. The van der Waals surface area contributed by atoms with E-state index in [4.69, 9.17) is 4.74 Å². The van der Waals surface area contributed by atoms with Gasteiger partial charge in [-0.05, 0) is 37.5 Å². The molecule has 2 heterocycles. The first kappa shape index (κ1) is 20.6. The fraction of sp³-hybridized carbons (Fsp3) is 0.579. The van der Waals surface area contributed by atoms with Gasteiger partial charge in [0.05, 0.1) is 12.0 Å². The van der Waals surface area contributed by atoms with Crippen LogP contribution in [0.25, 0.3) is 0 Å². The highest BCUT2D eigenvalue weighted by atomic mass is 32.2. The third kappa shape index (κ3) is 4.47. The highest BCUT2D eigenvalue weighted by Gasteiger charge is 2.28. The zero-order chi connectivity index (χ0) is 20.1. The second-order valence-corrected chi connectivity index (χ2v) is 9.03. The zero-order valence-corrected chi connectivity index (χ0v) is 17.0. The Morgan fingerprint density at radius 1 is 0.893 bits per heavy atom. The summed E-state index contributed by atoms with van der Waals surface area (Å²) in [5, 5.41) is 0. The fourth-order valence-corrected chi connectivity index (χ4v) is 5.22. The van der Waals surface area contributed by atoms with Gasteiger partial charge in [-0.1, -0.05) is 12.5 Å². The Hall–Kier alpha value is -2.13. The van der Waals surface area contributed by atoms with Gasteiger partial charge in [0.1, 0.15) is 0 Å². The number of benzene rings is 1. The fourth-order valence-electron chi connectivity index (χ4n) is 3.66. The van der Waals surface area contributed by atoms with Gasteiger partial charge in [-0.15, -0.1) is 0 Å². The average Bonchev–Trinajstić information content (AvgIpc) is 2.99. The Bertz CT molecular complexity index is 821. The van der Waals surface area contributed by atoms with Crippen molar-refractivity contribution in [3.05, 3.63) is 29.8 Å². The Morgan fingerprint density at radius 3 is 2.29 bits per heavy atom. The van der Waals surface area contributed by atoms with Gasteiger partial charge < -0.3 is 14.5 Å². The molecule has 0 atom stereocenters. The van der Waals surface area contributed by atoms with Crippen LogP contribution in [0.3, 0.4) is 0 Å². The summed E-state index contributed by atoms with van der Waals surface area (Å²) >= 11 is 0. The van der Waals surface area contributed by atoms with Gasteiger partial charge in [0, 0.05) is 44.8 Å². The summed E-state index contributed by atoms with van der Waals surface area (Å²) < 4.78 is 32.0. The van der Waals surface area contributed by atoms with Crippen molar-refractivity contribution in [1.29, 1.82) is 0 Å². The predicted molar refractivity (Wildman–Crippen MR) is 104 cm³/mol. The van der Waals surface area contributed by atoms with Crippen LogP contribution >= 0.6 is 0 Å². The lowest BCUT2D eigenvalue weighted by Gasteiger charge is -2.26. The van der Waals surface area contributed by atoms with E-state index in [0.29, 0.717) is 51.3 Å². The molecule has 0 unspecified atom stereocenters. The minimum Gasteiger partial charge on any atom is -0.453 e. The molecule has 1 aromatic carbocycles. The smallest absolute Gasteiger partial charge is 0.409 e. The maximum atomic E-state index is 12.9. The van der Waals surface area contributed by atoms with Crippen molar-refractivity contribution >= 4 is 22.0 Å². The first-order valence-corrected chi connectivity index (χ1v) is 11.1. The van der Waals surface area contributed by atoms with Crippen LogP contribution < -0.4 is 0 Å². The van der Waals surface area contributed by atoms with Crippen molar-refractivity contribution in [2.24, 2.45) is 0 Å². The number of hydrogen-bond acceptors (Lipinski definition) is 5. The minimum atomic E-state index is -3.59. The maximum absolute atomic E-state index is 12.9. The molecule has 154 valence electrons. The summed E-state index contributed by atoms with van der Waals surface area (Å²) in [5.41, 5.74) is 0.351. The van der Waals surface area contributed by atoms with Crippen molar-refractivity contribution in [2.75, 3.05) is 46.4 Å². The van der Waals surface area contributed by atoms with Crippen LogP contribution in [0.1, 0.15) is 36.0 Å². The van der Waals surface area contributed by atoms with Crippen molar-refractivity contribution in [1.82, 2.24) is 14.1 Å². The number of sulfonamides is 1. The molecule has 2 fully saturated rings. The Balaban J connectivity index is 1.74. The molecular weight excluding hydrogens is 382 g/mol. The van der Waals surface area contributed by atoms with Crippen LogP contribution in [0.5, 0.6) is 0 Å². The summed E-state index contributed by atoms with van der Waals surface area (Å²) in [6.45, 7) is 2.86. The number of nitrogens with zero attached hydrogens (tertiary/aromatic N) is 3. The lowest BCUT2D eigenvalue weighted by Crippen LogP contribution is -2.37. The summed E-state index contributed by atoms with van der Waals surface area (Å²) in [7, 11) is -2.25. The van der Waals surface area contributed by atoms with Crippen LogP contribution in [0, 0.1) is 0 Å². The SMILES string of the molecule is COC(=O)N1CCCN(C(=O)c2cccc(S(=O)(=O)N3CCCCC3)c2)CC1. The van der Waals surface area contributed by atoms with E-state index < -0.39 is 16.1 Å². The summed E-state index contributed by atoms with van der Waals surface area (Å²) in [4.78, 5) is 28.0. The first-order chi connectivity index (χ1) is 13.4. The normalized spacial score (nSPS) is 19.2. The number of methoxy groups -OCH3 is 1. The number of carbonyl (C=O) groups excluding carboxylic acids is 2. The van der Waals surface area contributed by atoms with Gasteiger partial charge >= 0.3 is 6.09 Å². The number of piperidine rings is 1. The van der Waals surface area contributed by atoms with E-state index in [9.17, 15) is 18.0 Å². The zero-order valence-electron chi connectivity index (χ0n) is 16.2. The molecule has 2 amide bonds. The quantitative estimate of drug-likeness (QED) is 0.759. The summed E-state index contributed by atoms with van der Waals surface area (Å²) in [6.07, 6.45) is 3.02. The van der Waals surface area contributed by atoms with Crippen LogP contribution in [0.4, 0.5) is 4.79 Å². The minimum absolute atomic E-state index is 0.159. The number of rotatable bonds is 3. The van der Waals surface area contributed by atoms with Crippen molar-refractivity contribution in [2.45, 2.75) is 30.6 Å². The molecule has 0 saturated carbocycles. The van der Waals surface area contributed by atoms with E-state index in [2.05, 4.69) is 0 Å². The highest BCUT2D eigenvalue weighted by Crippen LogP contribution is 2.22. The van der Waals surface area contributed by atoms with E-state index in [1.807, 2.05) is 0 Å². The molecule has 2 saturated heterocycles. The molecule has 0 aromatic heterocycles. The maximum Gasteiger partial charge on any atom is 0.409 e. The first-order valence-electron chi connectivity index (χ1n) is 9.66. The molecule has 0 aliphatic carbocycles. The van der Waals surface area contributed by atoms with Crippen LogP contribution in [-0.2, 0) is 14.8 Å². The van der Waals surface area contributed by atoms with E-state index in [1.54, 1.807) is 28.0 Å². The third-order valence-corrected chi connectivity index (χ3v) is 7.14. The number of carbonyl (C=O) groups is 2. The van der Waals surface area contributed by atoms with Gasteiger partial charge in [0.25, 0.3) is 5.91 Å². The second-order valence-electron chi connectivity index (χ2n) is 7.10. The monoisotopic (exact) mass is 409 g/mol. The molecule has 8 nitrogen and oxygen atoms in total. The van der Waals surface area contributed by atoms with Crippen molar-refractivity contribution < 1.29 is 22.7 Å². The Labute approximate surface area is 166 Å². The second kappa shape index (κ2) is 8.91. The average molecular weight is 410 g/mol. The Morgan fingerprint density at radius 2 is 1.57 bits per heavy atom. The van der Waals surface area contributed by atoms with E-state index in [1.165, 1.54) is 17.5 Å².